The van der Waals surface area contributed by atoms with Crippen LogP contribution in [0.5, 0.6) is 0 Å². The summed E-state index contributed by atoms with van der Waals surface area (Å²) in [6.45, 7) is 4.23. The Balaban J connectivity index is 1.99. The molecular formula is C30H37NO5S. The van der Waals surface area contributed by atoms with Gasteiger partial charge in [0, 0.05) is 6.42 Å². The minimum absolute atomic E-state index is 0.0236. The van der Waals surface area contributed by atoms with Crippen molar-refractivity contribution in [2.24, 2.45) is 5.92 Å². The molecule has 3 aromatic rings. The van der Waals surface area contributed by atoms with Crippen LogP contribution >= 0.6 is 0 Å². The van der Waals surface area contributed by atoms with Gasteiger partial charge in [0.15, 0.2) is 4.87 Å². The molecule has 198 valence electrons. The van der Waals surface area contributed by atoms with E-state index in [1.54, 1.807) is 42.5 Å². The zero-order valence-electron chi connectivity index (χ0n) is 21.5. The lowest BCUT2D eigenvalue weighted by Gasteiger charge is -2.38. The van der Waals surface area contributed by atoms with Gasteiger partial charge in [-0.2, -0.15) is 0 Å². The largest absolute Gasteiger partial charge is 0.445 e. The first-order chi connectivity index (χ1) is 17.7. The van der Waals surface area contributed by atoms with Crippen LogP contribution in [-0.4, -0.2) is 30.6 Å². The predicted molar refractivity (Wildman–Crippen MR) is 146 cm³/mol. The van der Waals surface area contributed by atoms with E-state index in [2.05, 4.69) is 19.2 Å². The summed E-state index contributed by atoms with van der Waals surface area (Å²) in [7, 11) is -4.25. The number of carbonyl (C=O) groups excluding carboxylic acids is 1. The number of hydrogen-bond acceptors (Lipinski definition) is 5. The van der Waals surface area contributed by atoms with Crippen LogP contribution in [-0.2, 0) is 27.6 Å². The summed E-state index contributed by atoms with van der Waals surface area (Å²) in [6.07, 6.45) is 0.272. The molecule has 0 spiro atoms. The van der Waals surface area contributed by atoms with Gasteiger partial charge in [-0.1, -0.05) is 112 Å². The highest BCUT2D eigenvalue weighted by Crippen LogP contribution is 2.33. The smallest absolute Gasteiger partial charge is 0.408 e. The van der Waals surface area contributed by atoms with Gasteiger partial charge in [-0.05, 0) is 35.6 Å². The molecule has 0 aliphatic heterocycles. The first-order valence-electron chi connectivity index (χ1n) is 12.7. The topological polar surface area (TPSA) is 92.7 Å². The lowest BCUT2D eigenvalue weighted by Crippen LogP contribution is -2.63. The van der Waals surface area contributed by atoms with Crippen LogP contribution in [0, 0.1) is 5.92 Å². The lowest BCUT2D eigenvalue weighted by molar-refractivity contribution is 0.0778. The van der Waals surface area contributed by atoms with E-state index in [-0.39, 0.29) is 24.3 Å². The van der Waals surface area contributed by atoms with Crippen LogP contribution in [0.3, 0.4) is 0 Å². The number of benzene rings is 3. The fourth-order valence-corrected chi connectivity index (χ4v) is 6.34. The number of aliphatic hydroxyl groups excluding tert-OH is 1. The predicted octanol–water partition coefficient (Wildman–Crippen LogP) is 5.90. The van der Waals surface area contributed by atoms with Gasteiger partial charge in [0.25, 0.3) is 0 Å². The average molecular weight is 524 g/mol. The van der Waals surface area contributed by atoms with E-state index < -0.39 is 26.9 Å². The molecule has 0 aliphatic carbocycles. The minimum Gasteiger partial charge on any atom is -0.445 e. The number of unbranched alkanes of at least 4 members (excludes halogenated alkanes) is 1. The molecule has 3 rings (SSSR count). The number of rotatable bonds is 13. The number of aliphatic hydroxyl groups is 1. The second-order valence-corrected chi connectivity index (χ2v) is 12.0. The molecule has 1 amide bonds. The van der Waals surface area contributed by atoms with Gasteiger partial charge in [0.05, 0.1) is 11.0 Å². The highest BCUT2D eigenvalue weighted by Gasteiger charge is 2.52. The van der Waals surface area contributed by atoms with Crippen LogP contribution in [0.2, 0.25) is 0 Å². The fraction of sp³-hybridized carbons (Fsp3) is 0.367. The van der Waals surface area contributed by atoms with Crippen molar-refractivity contribution in [1.29, 1.82) is 0 Å². The minimum atomic E-state index is -4.25. The maximum atomic E-state index is 14.2. The standard InChI is InChI=1S/C30H37NO5S/c1-24(2)14-12-13-21-28(32)30(22-25-15-6-3-7-16-25,37(34,35)27-19-10-5-11-20-27)31-29(33)36-23-26-17-8-4-9-18-26/h3-11,15-20,24,28,32H,12-14,21-23H2,1-2H3,(H,31,33). The number of ether oxygens (including phenoxy) is 1. The number of sulfone groups is 1. The van der Waals surface area contributed by atoms with Crippen molar-refractivity contribution in [3.8, 4) is 0 Å². The number of hydrogen-bond donors (Lipinski definition) is 2. The number of carbonyl (C=O) groups is 1. The van der Waals surface area contributed by atoms with Crippen molar-refractivity contribution in [2.45, 2.75) is 68.4 Å². The molecule has 0 radical (unpaired) electrons. The first kappa shape index (κ1) is 28.4. The number of alkyl carbamates (subject to hydrolysis) is 1. The summed E-state index contributed by atoms with van der Waals surface area (Å²) >= 11 is 0. The van der Waals surface area contributed by atoms with E-state index in [9.17, 15) is 18.3 Å². The van der Waals surface area contributed by atoms with Gasteiger partial charge in [0.2, 0.25) is 9.84 Å². The van der Waals surface area contributed by atoms with Gasteiger partial charge in [0.1, 0.15) is 6.61 Å². The van der Waals surface area contributed by atoms with E-state index in [4.69, 9.17) is 4.74 Å². The van der Waals surface area contributed by atoms with Crippen molar-refractivity contribution in [2.75, 3.05) is 0 Å². The molecule has 0 aliphatic rings. The summed E-state index contributed by atoms with van der Waals surface area (Å²) < 4.78 is 33.9. The second kappa shape index (κ2) is 13.4. The molecule has 0 saturated carbocycles. The second-order valence-electron chi connectivity index (χ2n) is 9.75. The van der Waals surface area contributed by atoms with Gasteiger partial charge < -0.3 is 9.84 Å². The van der Waals surface area contributed by atoms with E-state index in [0.29, 0.717) is 17.9 Å². The molecule has 2 atom stereocenters. The van der Waals surface area contributed by atoms with Crippen molar-refractivity contribution in [3.05, 3.63) is 102 Å². The fourth-order valence-electron chi connectivity index (χ4n) is 4.35. The van der Waals surface area contributed by atoms with Gasteiger partial charge in [-0.15, -0.1) is 0 Å². The Labute approximate surface area is 220 Å². The summed E-state index contributed by atoms with van der Waals surface area (Å²) in [6, 6.07) is 26.1. The summed E-state index contributed by atoms with van der Waals surface area (Å²) in [5.74, 6) is 0.505. The van der Waals surface area contributed by atoms with E-state index in [0.717, 1.165) is 18.4 Å². The molecule has 3 aromatic carbocycles. The molecule has 7 heteroatoms. The van der Waals surface area contributed by atoms with Gasteiger partial charge in [-0.3, -0.25) is 5.32 Å². The van der Waals surface area contributed by atoms with Crippen LogP contribution in [0.4, 0.5) is 4.79 Å². The molecule has 2 N–H and O–H groups in total. The number of nitrogens with one attached hydrogen (secondary N) is 1. The maximum Gasteiger partial charge on any atom is 0.408 e. The monoisotopic (exact) mass is 523 g/mol. The van der Waals surface area contributed by atoms with Crippen molar-refractivity contribution in [1.82, 2.24) is 5.32 Å². The molecule has 0 heterocycles. The van der Waals surface area contributed by atoms with Crippen molar-refractivity contribution < 1.29 is 23.1 Å². The third-order valence-electron chi connectivity index (χ3n) is 6.42. The molecular weight excluding hydrogens is 486 g/mol. The zero-order chi connectivity index (χ0) is 26.7. The lowest BCUT2D eigenvalue weighted by atomic mass is 9.95. The Morgan fingerprint density at radius 3 is 1.92 bits per heavy atom. The van der Waals surface area contributed by atoms with Gasteiger partial charge >= 0.3 is 6.09 Å². The average Bonchev–Trinajstić information content (AvgIpc) is 2.91. The summed E-state index contributed by atoms with van der Waals surface area (Å²) in [5.41, 5.74) is 1.44. The normalized spacial score (nSPS) is 14.1. The molecule has 0 bridgehead atoms. The third-order valence-corrected chi connectivity index (χ3v) is 8.79. The summed E-state index contributed by atoms with van der Waals surface area (Å²) in [4.78, 5) is 11.1. The Morgan fingerprint density at radius 1 is 0.838 bits per heavy atom. The van der Waals surface area contributed by atoms with E-state index >= 15 is 0 Å². The van der Waals surface area contributed by atoms with Crippen molar-refractivity contribution in [3.63, 3.8) is 0 Å². The molecule has 37 heavy (non-hydrogen) atoms. The van der Waals surface area contributed by atoms with Crippen LogP contribution in [0.25, 0.3) is 0 Å². The van der Waals surface area contributed by atoms with Gasteiger partial charge in [-0.25, -0.2) is 13.2 Å². The SMILES string of the molecule is CC(C)CCCCC(O)C(Cc1ccccc1)(NC(=O)OCc1ccccc1)S(=O)(=O)c1ccccc1. The van der Waals surface area contributed by atoms with Crippen LogP contribution in [0.15, 0.2) is 95.9 Å². The Bertz CT molecular complexity index is 1200. The third kappa shape index (κ3) is 7.66. The Morgan fingerprint density at radius 2 is 1.35 bits per heavy atom. The Hall–Kier alpha value is -3.16. The highest BCUT2D eigenvalue weighted by molar-refractivity contribution is 7.92. The zero-order valence-corrected chi connectivity index (χ0v) is 22.4. The molecule has 0 aromatic heterocycles. The summed E-state index contributed by atoms with van der Waals surface area (Å²) in [5, 5.41) is 14.2. The molecule has 6 nitrogen and oxygen atoms in total. The Kier molecular flexibility index (Phi) is 10.3. The van der Waals surface area contributed by atoms with E-state index in [1.165, 1.54) is 12.1 Å². The maximum absolute atomic E-state index is 14.2. The highest BCUT2D eigenvalue weighted by atomic mass is 32.2. The van der Waals surface area contributed by atoms with Crippen molar-refractivity contribution >= 4 is 15.9 Å². The van der Waals surface area contributed by atoms with Crippen LogP contribution < -0.4 is 5.32 Å². The first-order valence-corrected chi connectivity index (χ1v) is 14.2. The van der Waals surface area contributed by atoms with Crippen LogP contribution in [0.1, 0.15) is 50.7 Å². The quantitative estimate of drug-likeness (QED) is 0.272. The molecule has 2 unspecified atom stereocenters. The molecule has 0 saturated heterocycles. The van der Waals surface area contributed by atoms with E-state index in [1.807, 2.05) is 36.4 Å². The number of amides is 1. The molecule has 0 fully saturated rings.